The second-order valence-electron chi connectivity index (χ2n) is 19.8. The van der Waals surface area contributed by atoms with Gasteiger partial charge in [0.25, 0.3) is 0 Å². The number of allylic oxidation sites excluding steroid dienone is 6. The number of hydrogen-bond donors (Lipinski definition) is 3. The Morgan fingerprint density at radius 3 is 1.19 bits per heavy atom. The number of nitrogens with two attached hydrogens (primary N) is 1. The monoisotopic (exact) mass is 996 g/mol. The highest BCUT2D eigenvalue weighted by Gasteiger charge is 2.27. The lowest BCUT2D eigenvalue weighted by atomic mass is 10.0. The highest BCUT2D eigenvalue weighted by atomic mass is 31.2. The van der Waals surface area contributed by atoms with E-state index in [1.807, 2.05) is 0 Å². The van der Waals surface area contributed by atoms with Crippen LogP contribution < -0.4 is 5.73 Å². The molecule has 0 aliphatic heterocycles. The molecule has 0 aromatic rings. The summed E-state index contributed by atoms with van der Waals surface area (Å²) in [6, 6.07) is -1.47. The summed E-state index contributed by atoms with van der Waals surface area (Å²) >= 11 is 0. The summed E-state index contributed by atoms with van der Waals surface area (Å²) in [6.45, 7) is 3.92. The first-order valence-corrected chi connectivity index (χ1v) is 30.5. The van der Waals surface area contributed by atoms with Gasteiger partial charge in [0.15, 0.2) is 0 Å². The van der Waals surface area contributed by atoms with Crippen LogP contribution in [0.4, 0.5) is 0 Å². The van der Waals surface area contributed by atoms with E-state index in [4.69, 9.17) is 29.4 Å². The van der Waals surface area contributed by atoms with Gasteiger partial charge in [0, 0.05) is 13.0 Å². The highest BCUT2D eigenvalue weighted by Crippen LogP contribution is 2.43. The molecule has 0 saturated carbocycles. The fourth-order valence-corrected chi connectivity index (χ4v) is 9.22. The number of esters is 1. The molecule has 69 heavy (non-hydrogen) atoms. The van der Waals surface area contributed by atoms with Gasteiger partial charge >= 0.3 is 19.8 Å². The maximum Gasteiger partial charge on any atom is 0.472 e. The van der Waals surface area contributed by atoms with Gasteiger partial charge in [-0.05, 0) is 51.4 Å². The second-order valence-corrected chi connectivity index (χ2v) is 21.2. The number of hydrogen-bond acceptors (Lipinski definition) is 8. The molecule has 3 atom stereocenters. The van der Waals surface area contributed by atoms with Crippen LogP contribution in [0, 0.1) is 0 Å². The van der Waals surface area contributed by atoms with E-state index in [-0.39, 0.29) is 13.0 Å². The fourth-order valence-electron chi connectivity index (χ4n) is 8.44. The van der Waals surface area contributed by atoms with Crippen molar-refractivity contribution in [1.29, 1.82) is 0 Å². The Kier molecular flexibility index (Phi) is 52.6. The molecule has 0 heterocycles. The van der Waals surface area contributed by atoms with E-state index in [0.717, 1.165) is 57.8 Å². The number of ether oxygens (including phenoxy) is 2. The summed E-state index contributed by atoms with van der Waals surface area (Å²) in [5.41, 5.74) is 5.39. The van der Waals surface area contributed by atoms with Crippen LogP contribution >= 0.6 is 7.82 Å². The van der Waals surface area contributed by atoms with Gasteiger partial charge in [-0.2, -0.15) is 0 Å². The molecule has 3 unspecified atom stereocenters. The first-order valence-electron chi connectivity index (χ1n) is 29.0. The molecule has 0 amide bonds. The average Bonchev–Trinajstić information content (AvgIpc) is 3.33. The highest BCUT2D eigenvalue weighted by molar-refractivity contribution is 7.47. The molecule has 0 aliphatic carbocycles. The van der Waals surface area contributed by atoms with Crippen LogP contribution in [0.1, 0.15) is 284 Å². The van der Waals surface area contributed by atoms with E-state index in [9.17, 15) is 19.0 Å². The largest absolute Gasteiger partial charge is 0.480 e. The molecule has 0 aromatic carbocycles. The van der Waals surface area contributed by atoms with Crippen molar-refractivity contribution in [3.8, 4) is 0 Å². The molecule has 0 spiro atoms. The van der Waals surface area contributed by atoms with Gasteiger partial charge in [-0.25, -0.2) is 4.57 Å². The number of carbonyl (C=O) groups is 2. The number of carboxylic acids is 1. The van der Waals surface area contributed by atoms with Crippen molar-refractivity contribution < 1.29 is 42.7 Å². The van der Waals surface area contributed by atoms with E-state index in [0.29, 0.717) is 13.0 Å². The Bertz CT molecular complexity index is 1240. The smallest absolute Gasteiger partial charge is 0.472 e. The minimum absolute atomic E-state index is 0.0177. The third kappa shape index (κ3) is 53.8. The van der Waals surface area contributed by atoms with Crippen LogP contribution in [0.25, 0.3) is 0 Å². The first-order chi connectivity index (χ1) is 33.7. The first kappa shape index (κ1) is 67.2. The molecule has 0 aliphatic rings. The van der Waals surface area contributed by atoms with Crippen molar-refractivity contribution in [3.63, 3.8) is 0 Å². The third-order valence-electron chi connectivity index (χ3n) is 12.9. The summed E-state index contributed by atoms with van der Waals surface area (Å²) in [5.74, 6) is -1.77. The van der Waals surface area contributed by atoms with Crippen LogP contribution in [0.2, 0.25) is 0 Å². The fraction of sp³-hybridized carbons (Fsp3) is 0.862. The summed E-state index contributed by atoms with van der Waals surface area (Å²) in [4.78, 5) is 33.8. The molecule has 0 bridgehead atoms. The average molecular weight is 996 g/mol. The van der Waals surface area contributed by atoms with E-state index < -0.39 is 45.1 Å². The Morgan fingerprint density at radius 2 is 0.797 bits per heavy atom. The Morgan fingerprint density at radius 1 is 0.464 bits per heavy atom. The van der Waals surface area contributed by atoms with Crippen molar-refractivity contribution >= 4 is 19.8 Å². The molecule has 0 saturated heterocycles. The molecule has 10 nitrogen and oxygen atoms in total. The number of carboxylic acid groups (broad SMARTS) is 1. The standard InChI is InChI=1S/C58H110NO9P/c1-3-5-7-9-11-13-15-17-19-21-23-25-27-29-31-33-35-37-39-41-43-45-47-49-51-65-52-55(53-66-69(63,64)67-54-56(59)58(61)62)68-57(60)50-48-46-44-42-40-38-36-34-32-30-28-26-24-22-20-18-16-14-12-10-8-6-4-2/h16,18,22,24,28,30,55-56H,3-15,17,19-21,23,25-27,29,31-54,59H2,1-2H3,(H,61,62)(H,63,64)/b18-16-,24-22-,30-28-. The zero-order valence-electron chi connectivity index (χ0n) is 44.9. The Labute approximate surface area is 425 Å². The van der Waals surface area contributed by atoms with E-state index >= 15 is 0 Å². The second kappa shape index (κ2) is 54.0. The minimum atomic E-state index is -4.63. The summed E-state index contributed by atoms with van der Waals surface area (Å²) < 4.78 is 33.6. The number of aliphatic carboxylic acids is 1. The number of unbranched alkanes of at least 4 members (excludes halogenated alkanes) is 36. The third-order valence-corrected chi connectivity index (χ3v) is 13.9. The maximum absolute atomic E-state index is 12.7. The van der Waals surface area contributed by atoms with Crippen molar-refractivity contribution in [2.75, 3.05) is 26.4 Å². The minimum Gasteiger partial charge on any atom is -0.480 e. The van der Waals surface area contributed by atoms with Crippen molar-refractivity contribution in [2.45, 2.75) is 296 Å². The zero-order valence-corrected chi connectivity index (χ0v) is 45.8. The van der Waals surface area contributed by atoms with Gasteiger partial charge < -0.3 is 25.2 Å². The number of carbonyl (C=O) groups excluding carboxylic acids is 1. The summed E-state index contributed by atoms with van der Waals surface area (Å²) in [6.07, 6.45) is 65.0. The quantitative estimate of drug-likeness (QED) is 0.0232. The van der Waals surface area contributed by atoms with E-state index in [1.165, 1.54) is 199 Å². The maximum atomic E-state index is 12.7. The Hall–Kier alpha value is -1.81. The lowest BCUT2D eigenvalue weighted by Gasteiger charge is -2.20. The van der Waals surface area contributed by atoms with Gasteiger partial charge in [0.1, 0.15) is 12.1 Å². The van der Waals surface area contributed by atoms with Crippen LogP contribution in [0.5, 0.6) is 0 Å². The predicted octanol–water partition coefficient (Wildman–Crippen LogP) is 17.6. The van der Waals surface area contributed by atoms with Gasteiger partial charge in [0.05, 0.1) is 19.8 Å². The number of rotatable bonds is 56. The normalized spacial score (nSPS) is 13.8. The molecule has 11 heteroatoms. The molecular weight excluding hydrogens is 886 g/mol. The lowest BCUT2D eigenvalue weighted by Crippen LogP contribution is -2.34. The lowest BCUT2D eigenvalue weighted by molar-refractivity contribution is -0.154. The molecular formula is C58H110NO9P. The van der Waals surface area contributed by atoms with Crippen molar-refractivity contribution in [2.24, 2.45) is 5.73 Å². The summed E-state index contributed by atoms with van der Waals surface area (Å²) in [5, 5.41) is 8.95. The van der Waals surface area contributed by atoms with Gasteiger partial charge in [-0.1, -0.05) is 262 Å². The van der Waals surface area contributed by atoms with Crippen LogP contribution in [0.15, 0.2) is 36.5 Å². The van der Waals surface area contributed by atoms with Gasteiger partial charge in [0.2, 0.25) is 0 Å². The number of phosphoric ester groups is 1. The number of phosphoric acid groups is 1. The summed E-state index contributed by atoms with van der Waals surface area (Å²) in [7, 11) is -4.63. The topological polar surface area (TPSA) is 155 Å². The van der Waals surface area contributed by atoms with Gasteiger partial charge in [-0.15, -0.1) is 0 Å². The van der Waals surface area contributed by atoms with Gasteiger partial charge in [-0.3, -0.25) is 18.6 Å². The Balaban J connectivity index is 4.06. The molecule has 0 fully saturated rings. The van der Waals surface area contributed by atoms with Crippen LogP contribution in [-0.2, 0) is 32.7 Å². The van der Waals surface area contributed by atoms with Crippen LogP contribution in [-0.4, -0.2) is 60.5 Å². The molecule has 0 rings (SSSR count). The molecule has 406 valence electrons. The molecule has 0 radical (unpaired) electrons. The van der Waals surface area contributed by atoms with Crippen molar-refractivity contribution in [3.05, 3.63) is 36.5 Å². The SMILES string of the molecule is CCCCCCC/C=C\C/C=C\C/C=C\CCCCCCCCCCC(=O)OC(COCCCCCCCCCCCCCCCCCCCCCCCCCC)COP(=O)(O)OCC(N)C(=O)O. The zero-order chi connectivity index (χ0) is 50.4. The van der Waals surface area contributed by atoms with E-state index in [2.05, 4.69) is 50.3 Å². The van der Waals surface area contributed by atoms with E-state index in [1.54, 1.807) is 0 Å². The molecule has 0 aromatic heterocycles. The van der Waals surface area contributed by atoms with Crippen LogP contribution in [0.3, 0.4) is 0 Å². The van der Waals surface area contributed by atoms with Crippen molar-refractivity contribution in [1.82, 2.24) is 0 Å². The predicted molar refractivity (Wildman–Crippen MR) is 291 cm³/mol. The molecule has 4 N–H and O–H groups in total.